The lowest BCUT2D eigenvalue weighted by molar-refractivity contribution is 0.194. The molecular formula is C17H18Cl2O2. The van der Waals surface area contributed by atoms with Gasteiger partial charge in [-0.15, -0.1) is 0 Å². The lowest BCUT2D eigenvalue weighted by Crippen LogP contribution is -2.32. The Morgan fingerprint density at radius 3 is 1.52 bits per heavy atom. The molecule has 0 aliphatic carbocycles. The molecule has 0 bridgehead atoms. The van der Waals surface area contributed by atoms with Crippen LogP contribution in [0, 0.1) is 0 Å². The van der Waals surface area contributed by atoms with Gasteiger partial charge in [0.05, 0.1) is 6.61 Å². The van der Waals surface area contributed by atoms with Crippen LogP contribution in [0.3, 0.4) is 0 Å². The number of aliphatic hydroxyl groups excluding tert-OH is 2. The molecule has 2 N–H and O–H groups in total. The minimum Gasteiger partial charge on any atom is -0.396 e. The van der Waals surface area contributed by atoms with Gasteiger partial charge in [-0.2, -0.15) is 0 Å². The molecule has 0 saturated heterocycles. The van der Waals surface area contributed by atoms with E-state index in [0.717, 1.165) is 11.1 Å². The molecule has 0 aromatic heterocycles. The maximum Gasteiger partial charge on any atom is 0.0568 e. The summed E-state index contributed by atoms with van der Waals surface area (Å²) in [6.07, 6.45) is 1.25. The van der Waals surface area contributed by atoms with Gasteiger partial charge in [0.1, 0.15) is 0 Å². The van der Waals surface area contributed by atoms with Crippen LogP contribution < -0.4 is 0 Å². The number of benzene rings is 2. The smallest absolute Gasteiger partial charge is 0.0568 e. The fourth-order valence-electron chi connectivity index (χ4n) is 2.64. The Hall–Kier alpha value is -1.06. The molecule has 0 unspecified atom stereocenters. The quantitative estimate of drug-likeness (QED) is 0.841. The van der Waals surface area contributed by atoms with Crippen LogP contribution in [0.5, 0.6) is 0 Å². The summed E-state index contributed by atoms with van der Waals surface area (Å²) in [4.78, 5) is 0. The van der Waals surface area contributed by atoms with Gasteiger partial charge in [-0.1, -0.05) is 47.5 Å². The Kier molecular flexibility index (Phi) is 5.65. The Labute approximate surface area is 135 Å². The van der Waals surface area contributed by atoms with E-state index in [9.17, 15) is 10.2 Å². The average molecular weight is 325 g/mol. The van der Waals surface area contributed by atoms with E-state index in [1.807, 2.05) is 48.5 Å². The van der Waals surface area contributed by atoms with Crippen molar-refractivity contribution < 1.29 is 10.2 Å². The summed E-state index contributed by atoms with van der Waals surface area (Å²) in [6, 6.07) is 14.9. The van der Waals surface area contributed by atoms with Gasteiger partial charge in [-0.25, -0.2) is 0 Å². The van der Waals surface area contributed by atoms with Gasteiger partial charge >= 0.3 is 0 Å². The van der Waals surface area contributed by atoms with E-state index in [1.165, 1.54) is 0 Å². The molecule has 0 spiro atoms. The molecule has 112 valence electrons. The third-order valence-electron chi connectivity index (χ3n) is 3.83. The fourth-order valence-corrected chi connectivity index (χ4v) is 2.89. The molecule has 0 radical (unpaired) electrons. The third-order valence-corrected chi connectivity index (χ3v) is 4.33. The number of hydrogen-bond donors (Lipinski definition) is 2. The summed E-state index contributed by atoms with van der Waals surface area (Å²) >= 11 is 11.9. The van der Waals surface area contributed by atoms with Crippen molar-refractivity contribution in [2.75, 3.05) is 13.2 Å². The summed E-state index contributed by atoms with van der Waals surface area (Å²) in [7, 11) is 0. The second-order valence-corrected chi connectivity index (χ2v) is 5.95. The Morgan fingerprint density at radius 2 is 1.19 bits per heavy atom. The predicted molar refractivity (Wildman–Crippen MR) is 87.1 cm³/mol. The molecule has 4 heteroatoms. The van der Waals surface area contributed by atoms with Gasteiger partial charge in [0.15, 0.2) is 0 Å². The van der Waals surface area contributed by atoms with Crippen molar-refractivity contribution in [2.45, 2.75) is 18.3 Å². The third kappa shape index (κ3) is 3.58. The SMILES string of the molecule is OCCCC(CO)(c1ccc(Cl)cc1)c1ccc(Cl)cc1. The molecule has 2 nitrogen and oxygen atoms in total. The van der Waals surface area contributed by atoms with Crippen LogP contribution in [0.15, 0.2) is 48.5 Å². The first-order valence-corrected chi connectivity index (χ1v) is 7.62. The maximum atomic E-state index is 10.1. The van der Waals surface area contributed by atoms with Crippen molar-refractivity contribution in [3.8, 4) is 0 Å². The Morgan fingerprint density at radius 1 is 0.762 bits per heavy atom. The monoisotopic (exact) mass is 324 g/mol. The molecule has 2 rings (SSSR count). The molecule has 0 heterocycles. The molecule has 0 amide bonds. The molecule has 0 aliphatic rings. The van der Waals surface area contributed by atoms with Gasteiger partial charge in [-0.3, -0.25) is 0 Å². The second-order valence-electron chi connectivity index (χ2n) is 5.08. The van der Waals surface area contributed by atoms with Gasteiger partial charge in [0.25, 0.3) is 0 Å². The first-order chi connectivity index (χ1) is 10.1. The average Bonchev–Trinajstić information content (AvgIpc) is 2.51. The minimum atomic E-state index is -0.558. The Balaban J connectivity index is 2.51. The summed E-state index contributed by atoms with van der Waals surface area (Å²) in [5.74, 6) is 0. The maximum absolute atomic E-state index is 10.1. The zero-order chi connectivity index (χ0) is 15.3. The first-order valence-electron chi connectivity index (χ1n) is 6.86. The van der Waals surface area contributed by atoms with Gasteiger partial charge in [0.2, 0.25) is 0 Å². The molecule has 2 aromatic carbocycles. The van der Waals surface area contributed by atoms with Crippen LogP contribution in [0.25, 0.3) is 0 Å². The van der Waals surface area contributed by atoms with E-state index < -0.39 is 5.41 Å². The highest BCUT2D eigenvalue weighted by Crippen LogP contribution is 2.37. The van der Waals surface area contributed by atoms with E-state index in [0.29, 0.717) is 22.9 Å². The lowest BCUT2D eigenvalue weighted by atomic mass is 9.72. The van der Waals surface area contributed by atoms with E-state index in [1.54, 1.807) is 0 Å². The van der Waals surface area contributed by atoms with Crippen molar-refractivity contribution >= 4 is 23.2 Å². The van der Waals surface area contributed by atoms with Crippen LogP contribution in [0.2, 0.25) is 10.0 Å². The number of rotatable bonds is 6. The molecule has 0 fully saturated rings. The van der Waals surface area contributed by atoms with E-state index in [2.05, 4.69) is 0 Å². The van der Waals surface area contributed by atoms with Crippen LogP contribution >= 0.6 is 23.2 Å². The normalized spacial score (nSPS) is 11.6. The zero-order valence-corrected chi connectivity index (χ0v) is 13.1. The summed E-state index contributed by atoms with van der Waals surface area (Å²) in [5.41, 5.74) is 1.40. The van der Waals surface area contributed by atoms with Crippen molar-refractivity contribution in [1.29, 1.82) is 0 Å². The van der Waals surface area contributed by atoms with Crippen LogP contribution in [-0.4, -0.2) is 23.4 Å². The summed E-state index contributed by atoms with van der Waals surface area (Å²) in [6.45, 7) is 0.0409. The topological polar surface area (TPSA) is 40.5 Å². The van der Waals surface area contributed by atoms with Gasteiger partial charge in [-0.05, 0) is 48.2 Å². The number of aliphatic hydroxyl groups is 2. The summed E-state index contributed by atoms with van der Waals surface area (Å²) < 4.78 is 0. The molecule has 21 heavy (non-hydrogen) atoms. The molecule has 2 aromatic rings. The molecular weight excluding hydrogens is 307 g/mol. The van der Waals surface area contributed by atoms with E-state index in [-0.39, 0.29) is 13.2 Å². The Bertz CT molecular complexity index is 519. The largest absolute Gasteiger partial charge is 0.396 e. The molecule has 0 saturated carbocycles. The van der Waals surface area contributed by atoms with Gasteiger partial charge < -0.3 is 10.2 Å². The van der Waals surface area contributed by atoms with Crippen molar-refractivity contribution in [2.24, 2.45) is 0 Å². The number of halogens is 2. The van der Waals surface area contributed by atoms with Crippen molar-refractivity contribution in [3.63, 3.8) is 0 Å². The highest BCUT2D eigenvalue weighted by Gasteiger charge is 2.33. The van der Waals surface area contributed by atoms with Crippen molar-refractivity contribution in [3.05, 3.63) is 69.7 Å². The van der Waals surface area contributed by atoms with Crippen LogP contribution in [0.1, 0.15) is 24.0 Å². The highest BCUT2D eigenvalue weighted by molar-refractivity contribution is 6.30. The second kappa shape index (κ2) is 7.28. The van der Waals surface area contributed by atoms with Crippen molar-refractivity contribution in [1.82, 2.24) is 0 Å². The molecule has 0 atom stereocenters. The van der Waals surface area contributed by atoms with E-state index >= 15 is 0 Å². The summed E-state index contributed by atoms with van der Waals surface area (Å²) in [5, 5.41) is 20.6. The number of hydrogen-bond acceptors (Lipinski definition) is 2. The highest BCUT2D eigenvalue weighted by atomic mass is 35.5. The zero-order valence-electron chi connectivity index (χ0n) is 11.6. The first kappa shape index (κ1) is 16.3. The standard InChI is InChI=1S/C17H18Cl2O2/c18-15-6-2-13(3-7-15)17(12-21,10-1-11-20)14-4-8-16(19)9-5-14/h2-9,20-21H,1,10-12H2. The lowest BCUT2D eigenvalue weighted by Gasteiger charge is -2.33. The van der Waals surface area contributed by atoms with E-state index in [4.69, 9.17) is 23.2 Å². The predicted octanol–water partition coefficient (Wildman–Crippen LogP) is 4.04. The van der Waals surface area contributed by atoms with Crippen LogP contribution in [0.4, 0.5) is 0 Å². The fraction of sp³-hybridized carbons (Fsp3) is 0.294. The van der Waals surface area contributed by atoms with Crippen LogP contribution in [-0.2, 0) is 5.41 Å². The molecule has 0 aliphatic heterocycles. The van der Waals surface area contributed by atoms with Gasteiger partial charge in [0, 0.05) is 22.1 Å². The minimum absolute atomic E-state index is 0.0454.